The second-order valence-electron chi connectivity index (χ2n) is 6.58. The molecule has 0 radical (unpaired) electrons. The van der Waals surface area contributed by atoms with E-state index < -0.39 is 45.9 Å². The maximum Gasteiger partial charge on any atom is 0.322 e. The molecular weight excluding hydrogens is 518 g/mol. The zero-order valence-electron chi connectivity index (χ0n) is 17.1. The molecule has 15 nitrogen and oxygen atoms in total. The van der Waals surface area contributed by atoms with Crippen LogP contribution in [0.1, 0.15) is 0 Å². The van der Waals surface area contributed by atoms with Gasteiger partial charge in [-0.1, -0.05) is 12.1 Å². The summed E-state index contributed by atoms with van der Waals surface area (Å²) in [6, 6.07) is 5.39. The molecule has 0 bridgehead atoms. The van der Waals surface area contributed by atoms with Gasteiger partial charge in [0.1, 0.15) is 9.79 Å². The molecule has 3 aromatic rings. The molecule has 5 N–H and O–H groups in total. The highest BCUT2D eigenvalue weighted by atomic mass is 32.2. The van der Waals surface area contributed by atoms with Crippen LogP contribution in [-0.2, 0) is 30.4 Å². The minimum absolute atomic E-state index is 0.103. The van der Waals surface area contributed by atoms with E-state index in [2.05, 4.69) is 25.6 Å². The van der Waals surface area contributed by atoms with Gasteiger partial charge in [-0.2, -0.15) is 40.2 Å². The smallest absolute Gasteiger partial charge is 0.322 e. The fourth-order valence-electron chi connectivity index (χ4n) is 2.84. The number of ether oxygens (including phenoxy) is 1. The van der Waals surface area contributed by atoms with Crippen LogP contribution in [0.2, 0.25) is 0 Å². The first-order valence-corrected chi connectivity index (χ1v) is 13.4. The van der Waals surface area contributed by atoms with E-state index in [4.69, 9.17) is 9.29 Å². The first-order chi connectivity index (χ1) is 15.7. The Balaban J connectivity index is 2.10. The molecule has 0 spiro atoms. The first kappa shape index (κ1) is 25.5. The number of benzene rings is 2. The van der Waals surface area contributed by atoms with Crippen molar-refractivity contribution in [1.29, 1.82) is 0 Å². The van der Waals surface area contributed by atoms with Gasteiger partial charge in [0.25, 0.3) is 30.4 Å². The lowest BCUT2D eigenvalue weighted by molar-refractivity contribution is 0.379. The Morgan fingerprint density at radius 1 is 0.853 bits per heavy atom. The summed E-state index contributed by atoms with van der Waals surface area (Å²) in [5.41, 5.74) is -0.103. The van der Waals surface area contributed by atoms with E-state index in [0.717, 1.165) is 12.1 Å². The summed E-state index contributed by atoms with van der Waals surface area (Å²) in [6.45, 7) is -0.272. The Hall–Kier alpha value is -3.16. The van der Waals surface area contributed by atoms with Gasteiger partial charge in [0.05, 0.1) is 12.9 Å². The van der Waals surface area contributed by atoms with Crippen molar-refractivity contribution in [3.8, 4) is 6.01 Å². The van der Waals surface area contributed by atoms with Crippen molar-refractivity contribution in [2.45, 2.75) is 9.79 Å². The van der Waals surface area contributed by atoms with Crippen molar-refractivity contribution < 1.29 is 43.6 Å². The quantitative estimate of drug-likeness (QED) is 0.235. The first-order valence-electron chi connectivity index (χ1n) is 8.95. The molecule has 0 aliphatic carbocycles. The standard InChI is InChI=1S/C16H17N5O10S3/c1-31-16-20-14(17-5-6-32(22,23)24)19-15(21-16)18-9-7-11-10(13(8-9)34(28,29)30)3-2-4-12(11)33(25,26)27/h2-4,7-8H,5-6H2,1H3,(H,22,23,24)(H,25,26,27)(H,28,29,30)(H2,17,18,19,20,21). The highest BCUT2D eigenvalue weighted by Gasteiger charge is 2.21. The maximum absolute atomic E-state index is 11.9. The van der Waals surface area contributed by atoms with Crippen molar-refractivity contribution in [1.82, 2.24) is 15.0 Å². The lowest BCUT2D eigenvalue weighted by atomic mass is 10.1. The second-order valence-corrected chi connectivity index (χ2v) is 10.9. The lowest BCUT2D eigenvalue weighted by Crippen LogP contribution is -2.16. The Labute approximate surface area is 193 Å². The van der Waals surface area contributed by atoms with Gasteiger partial charge in [-0.3, -0.25) is 13.7 Å². The van der Waals surface area contributed by atoms with Crippen molar-refractivity contribution in [2.75, 3.05) is 30.0 Å². The summed E-state index contributed by atoms with van der Waals surface area (Å²) in [5, 5.41) is 4.73. The highest BCUT2D eigenvalue weighted by Crippen LogP contribution is 2.32. The molecular formula is C16H17N5O10S3. The number of rotatable bonds is 9. The van der Waals surface area contributed by atoms with Crippen molar-refractivity contribution >= 4 is 58.7 Å². The van der Waals surface area contributed by atoms with E-state index >= 15 is 0 Å². The third-order valence-corrected chi connectivity index (χ3v) is 6.70. The molecule has 3 rings (SSSR count). The Bertz CT molecular complexity index is 1570. The zero-order chi connectivity index (χ0) is 25.3. The Morgan fingerprint density at radius 2 is 1.50 bits per heavy atom. The fourth-order valence-corrected chi connectivity index (χ4v) is 4.63. The number of nitrogens with zero attached hydrogens (tertiary/aromatic N) is 3. The monoisotopic (exact) mass is 535 g/mol. The van der Waals surface area contributed by atoms with Gasteiger partial charge >= 0.3 is 6.01 Å². The third-order valence-electron chi connectivity index (χ3n) is 4.17. The number of nitrogens with one attached hydrogen (secondary N) is 2. The van der Waals surface area contributed by atoms with Crippen LogP contribution >= 0.6 is 0 Å². The Kier molecular flexibility index (Phi) is 6.92. The van der Waals surface area contributed by atoms with Crippen LogP contribution < -0.4 is 15.4 Å². The molecule has 1 heterocycles. The summed E-state index contributed by atoms with van der Waals surface area (Å²) < 4.78 is 102. The molecule has 18 heteroatoms. The van der Waals surface area contributed by atoms with E-state index in [-0.39, 0.29) is 40.9 Å². The molecule has 1 aromatic heterocycles. The van der Waals surface area contributed by atoms with Gasteiger partial charge in [0.2, 0.25) is 11.9 Å². The highest BCUT2D eigenvalue weighted by molar-refractivity contribution is 7.86. The molecule has 184 valence electrons. The number of hydrogen-bond donors (Lipinski definition) is 5. The SMILES string of the molecule is COc1nc(NCCS(=O)(=O)O)nc(Nc2cc(S(=O)(=O)O)c3cccc(S(=O)(=O)O)c3c2)n1. The molecule has 0 unspecified atom stereocenters. The second kappa shape index (κ2) is 9.24. The fraction of sp³-hybridized carbons (Fsp3) is 0.188. The normalized spacial score (nSPS) is 12.5. The van der Waals surface area contributed by atoms with Crippen LogP contribution in [-0.4, -0.2) is 73.3 Å². The number of anilines is 3. The van der Waals surface area contributed by atoms with Crippen LogP contribution in [0.15, 0.2) is 40.1 Å². The molecule has 0 fully saturated rings. The van der Waals surface area contributed by atoms with Gasteiger partial charge in [-0.25, -0.2) is 0 Å². The van der Waals surface area contributed by atoms with Gasteiger partial charge in [0, 0.05) is 23.0 Å². The molecule has 2 aromatic carbocycles. The number of methoxy groups -OCH3 is 1. The minimum atomic E-state index is -4.84. The summed E-state index contributed by atoms with van der Waals surface area (Å²) in [5.74, 6) is -1.07. The molecule has 0 saturated heterocycles. The third kappa shape index (κ3) is 6.24. The van der Waals surface area contributed by atoms with E-state index in [1.165, 1.54) is 25.3 Å². The molecule has 34 heavy (non-hydrogen) atoms. The number of aromatic nitrogens is 3. The van der Waals surface area contributed by atoms with Gasteiger partial charge < -0.3 is 15.4 Å². The molecule has 0 atom stereocenters. The number of hydrogen-bond acceptors (Lipinski definition) is 12. The molecule has 0 aliphatic heterocycles. The summed E-state index contributed by atoms with van der Waals surface area (Å²) in [6.07, 6.45) is 0. The average Bonchev–Trinajstić information content (AvgIpc) is 2.70. The predicted molar refractivity (Wildman–Crippen MR) is 118 cm³/mol. The Morgan fingerprint density at radius 3 is 2.09 bits per heavy atom. The van der Waals surface area contributed by atoms with Crippen LogP contribution in [0.25, 0.3) is 10.8 Å². The summed E-state index contributed by atoms with van der Waals surface area (Å²) >= 11 is 0. The van der Waals surface area contributed by atoms with Gasteiger partial charge in [-0.15, -0.1) is 0 Å². The van der Waals surface area contributed by atoms with Crippen molar-refractivity contribution in [3.05, 3.63) is 30.3 Å². The topological polar surface area (TPSA) is 235 Å². The minimum Gasteiger partial charge on any atom is -0.467 e. The van der Waals surface area contributed by atoms with E-state index in [0.29, 0.717) is 0 Å². The maximum atomic E-state index is 11.9. The molecule has 0 aliphatic rings. The zero-order valence-corrected chi connectivity index (χ0v) is 19.5. The van der Waals surface area contributed by atoms with Crippen molar-refractivity contribution in [2.24, 2.45) is 0 Å². The van der Waals surface area contributed by atoms with E-state index in [1.807, 2.05) is 0 Å². The van der Waals surface area contributed by atoms with Crippen LogP contribution in [0.5, 0.6) is 6.01 Å². The summed E-state index contributed by atoms with van der Waals surface area (Å²) in [7, 11) is -12.6. The van der Waals surface area contributed by atoms with E-state index in [9.17, 15) is 34.4 Å². The predicted octanol–water partition coefficient (Wildman–Crippen LogP) is 0.570. The van der Waals surface area contributed by atoms with E-state index in [1.54, 1.807) is 0 Å². The van der Waals surface area contributed by atoms with Crippen LogP contribution in [0, 0.1) is 0 Å². The van der Waals surface area contributed by atoms with Crippen LogP contribution in [0.4, 0.5) is 17.6 Å². The van der Waals surface area contributed by atoms with Crippen LogP contribution in [0.3, 0.4) is 0 Å². The van der Waals surface area contributed by atoms with Gasteiger partial charge in [-0.05, 0) is 18.2 Å². The number of fused-ring (bicyclic) bond motifs is 1. The lowest BCUT2D eigenvalue weighted by Gasteiger charge is -2.13. The van der Waals surface area contributed by atoms with Crippen molar-refractivity contribution in [3.63, 3.8) is 0 Å². The molecule has 0 amide bonds. The van der Waals surface area contributed by atoms with Gasteiger partial charge in [0.15, 0.2) is 0 Å². The molecule has 0 saturated carbocycles. The summed E-state index contributed by atoms with van der Waals surface area (Å²) in [4.78, 5) is 10.4. The largest absolute Gasteiger partial charge is 0.467 e. The average molecular weight is 536 g/mol.